The summed E-state index contributed by atoms with van der Waals surface area (Å²) in [5.41, 5.74) is 4.26. The summed E-state index contributed by atoms with van der Waals surface area (Å²) in [6.45, 7) is 8.47. The van der Waals surface area contributed by atoms with Gasteiger partial charge in [0.2, 0.25) is 11.8 Å². The lowest BCUT2D eigenvalue weighted by Crippen LogP contribution is -2.52. The predicted octanol–water partition coefficient (Wildman–Crippen LogP) is 4.22. The van der Waals surface area contributed by atoms with Gasteiger partial charge in [0, 0.05) is 48.8 Å². The SMILES string of the molecule is CC1CC(C)CN(Cc2ccc(CSc3cccc4c3CN(C3CCC(=O)NC3=O)C4=O)cc2)C1. The Morgan fingerprint density at radius 2 is 1.69 bits per heavy atom. The lowest BCUT2D eigenvalue weighted by molar-refractivity contribution is -0.136. The zero-order valence-corrected chi connectivity index (χ0v) is 21.3. The van der Waals surface area contributed by atoms with Crippen molar-refractivity contribution in [3.8, 4) is 0 Å². The van der Waals surface area contributed by atoms with Crippen LogP contribution in [0.25, 0.3) is 0 Å². The first-order valence-electron chi connectivity index (χ1n) is 12.6. The van der Waals surface area contributed by atoms with Gasteiger partial charge in [-0.05, 0) is 53.5 Å². The van der Waals surface area contributed by atoms with Gasteiger partial charge in [0.1, 0.15) is 6.04 Å². The molecule has 35 heavy (non-hydrogen) atoms. The number of benzene rings is 2. The predicted molar refractivity (Wildman–Crippen MR) is 137 cm³/mol. The fourth-order valence-corrected chi connectivity index (χ4v) is 6.81. The van der Waals surface area contributed by atoms with Gasteiger partial charge in [0.15, 0.2) is 0 Å². The summed E-state index contributed by atoms with van der Waals surface area (Å²) in [7, 11) is 0. The summed E-state index contributed by atoms with van der Waals surface area (Å²) in [6.07, 6.45) is 1.98. The zero-order chi connectivity index (χ0) is 24.5. The highest BCUT2D eigenvalue weighted by Gasteiger charge is 2.39. The van der Waals surface area contributed by atoms with E-state index >= 15 is 0 Å². The molecule has 1 N–H and O–H groups in total. The van der Waals surface area contributed by atoms with E-state index in [1.165, 1.54) is 30.6 Å². The Morgan fingerprint density at radius 3 is 2.40 bits per heavy atom. The number of hydrogen-bond acceptors (Lipinski definition) is 5. The zero-order valence-electron chi connectivity index (χ0n) is 20.5. The molecule has 2 aromatic carbocycles. The van der Waals surface area contributed by atoms with Crippen molar-refractivity contribution in [3.05, 3.63) is 64.7 Å². The molecule has 2 saturated heterocycles. The van der Waals surface area contributed by atoms with Crippen molar-refractivity contribution < 1.29 is 14.4 Å². The lowest BCUT2D eigenvalue weighted by atomic mass is 9.91. The van der Waals surface area contributed by atoms with Crippen LogP contribution in [0.4, 0.5) is 0 Å². The van der Waals surface area contributed by atoms with Gasteiger partial charge in [-0.1, -0.05) is 44.2 Å². The Kier molecular flexibility index (Phi) is 6.98. The number of likely N-dealkylation sites (tertiary alicyclic amines) is 1. The number of nitrogens with one attached hydrogen (secondary N) is 1. The Bertz CT molecular complexity index is 1120. The minimum absolute atomic E-state index is 0.123. The molecule has 0 aliphatic carbocycles. The maximum absolute atomic E-state index is 13.0. The Morgan fingerprint density at radius 1 is 0.971 bits per heavy atom. The molecular weight excluding hydrogens is 458 g/mol. The number of hydrogen-bond donors (Lipinski definition) is 1. The van der Waals surface area contributed by atoms with Crippen LogP contribution in [0.1, 0.15) is 60.2 Å². The fraction of sp³-hybridized carbons (Fsp3) is 0.464. The van der Waals surface area contributed by atoms with Gasteiger partial charge < -0.3 is 4.90 Å². The molecular formula is C28H33N3O3S. The molecule has 0 aromatic heterocycles. The standard InChI is InChI=1S/C28H33N3O3S/c1-18-12-19(2)14-30(13-18)15-20-6-8-21(9-7-20)17-35-25-5-3-4-22-23(25)16-31(28(22)34)24-10-11-26(32)29-27(24)33/h3-9,18-19,24H,10-17H2,1-2H3,(H,29,32,33). The number of carbonyl (C=O) groups excluding carboxylic acids is 3. The molecule has 2 fully saturated rings. The summed E-state index contributed by atoms with van der Waals surface area (Å²) in [6, 6.07) is 14.1. The van der Waals surface area contributed by atoms with Crippen molar-refractivity contribution in [1.82, 2.24) is 15.1 Å². The summed E-state index contributed by atoms with van der Waals surface area (Å²) in [4.78, 5) is 42.2. The number of thioether (sulfide) groups is 1. The average Bonchev–Trinajstić information content (AvgIpc) is 3.15. The van der Waals surface area contributed by atoms with Gasteiger partial charge in [-0.15, -0.1) is 11.8 Å². The van der Waals surface area contributed by atoms with Crippen LogP contribution in [0.15, 0.2) is 47.4 Å². The quantitative estimate of drug-likeness (QED) is 0.484. The molecule has 3 amide bonds. The molecule has 184 valence electrons. The Hall–Kier alpha value is -2.64. The van der Waals surface area contributed by atoms with E-state index in [1.807, 2.05) is 12.1 Å². The van der Waals surface area contributed by atoms with E-state index in [2.05, 4.69) is 54.4 Å². The van der Waals surface area contributed by atoms with Crippen LogP contribution in [0, 0.1) is 11.8 Å². The minimum atomic E-state index is -0.580. The van der Waals surface area contributed by atoms with E-state index in [0.717, 1.165) is 34.6 Å². The van der Waals surface area contributed by atoms with E-state index in [9.17, 15) is 14.4 Å². The van der Waals surface area contributed by atoms with E-state index < -0.39 is 6.04 Å². The van der Waals surface area contributed by atoms with Crippen molar-refractivity contribution in [3.63, 3.8) is 0 Å². The van der Waals surface area contributed by atoms with Crippen LogP contribution in [0.3, 0.4) is 0 Å². The fourth-order valence-electron chi connectivity index (χ4n) is 5.77. The molecule has 3 atom stereocenters. The first kappa shape index (κ1) is 24.1. The molecule has 7 heteroatoms. The molecule has 3 unspecified atom stereocenters. The highest BCUT2D eigenvalue weighted by Crippen LogP contribution is 2.35. The first-order chi connectivity index (χ1) is 16.9. The number of amides is 3. The third kappa shape index (κ3) is 5.31. The van der Waals surface area contributed by atoms with Crippen molar-refractivity contribution in [2.75, 3.05) is 13.1 Å². The minimum Gasteiger partial charge on any atom is -0.322 e. The lowest BCUT2D eigenvalue weighted by Gasteiger charge is -2.35. The van der Waals surface area contributed by atoms with Crippen LogP contribution in [-0.2, 0) is 28.4 Å². The highest BCUT2D eigenvalue weighted by molar-refractivity contribution is 7.98. The second kappa shape index (κ2) is 10.2. The number of nitrogens with zero attached hydrogens (tertiary/aromatic N) is 2. The third-order valence-corrected chi connectivity index (χ3v) is 8.48. The molecule has 0 spiro atoms. The van der Waals surface area contributed by atoms with Crippen molar-refractivity contribution >= 4 is 29.5 Å². The van der Waals surface area contributed by atoms with Gasteiger partial charge in [-0.3, -0.25) is 24.6 Å². The molecule has 0 saturated carbocycles. The maximum Gasteiger partial charge on any atom is 0.255 e. The molecule has 0 bridgehead atoms. The van der Waals surface area contributed by atoms with Crippen LogP contribution < -0.4 is 5.32 Å². The van der Waals surface area contributed by atoms with Crippen molar-refractivity contribution in [1.29, 1.82) is 0 Å². The molecule has 3 aliphatic heterocycles. The first-order valence-corrected chi connectivity index (χ1v) is 13.6. The van der Waals surface area contributed by atoms with Gasteiger partial charge in [-0.25, -0.2) is 0 Å². The molecule has 0 radical (unpaired) electrons. The molecule has 6 nitrogen and oxygen atoms in total. The third-order valence-electron chi connectivity index (χ3n) is 7.31. The number of fused-ring (bicyclic) bond motifs is 1. The van der Waals surface area contributed by atoms with Gasteiger partial charge in [0.05, 0.1) is 0 Å². The second-order valence-electron chi connectivity index (χ2n) is 10.4. The van der Waals surface area contributed by atoms with Crippen LogP contribution in [0.2, 0.25) is 0 Å². The molecule has 5 rings (SSSR count). The number of imide groups is 1. The summed E-state index contributed by atoms with van der Waals surface area (Å²) < 4.78 is 0. The van der Waals surface area contributed by atoms with E-state index in [0.29, 0.717) is 18.5 Å². The van der Waals surface area contributed by atoms with E-state index in [-0.39, 0.29) is 24.1 Å². The van der Waals surface area contributed by atoms with Gasteiger partial charge in [0.25, 0.3) is 5.91 Å². The Labute approximate surface area is 211 Å². The Balaban J connectivity index is 1.21. The van der Waals surface area contributed by atoms with Crippen molar-refractivity contribution in [2.24, 2.45) is 11.8 Å². The topological polar surface area (TPSA) is 69.7 Å². The highest BCUT2D eigenvalue weighted by atomic mass is 32.2. The second-order valence-corrected chi connectivity index (χ2v) is 11.4. The number of rotatable bonds is 6. The molecule has 3 aliphatic rings. The molecule has 2 aromatic rings. The van der Waals surface area contributed by atoms with E-state index in [4.69, 9.17) is 0 Å². The smallest absolute Gasteiger partial charge is 0.255 e. The van der Waals surface area contributed by atoms with Crippen LogP contribution in [-0.4, -0.2) is 46.7 Å². The summed E-state index contributed by atoms with van der Waals surface area (Å²) in [5, 5.41) is 2.37. The van der Waals surface area contributed by atoms with Crippen LogP contribution >= 0.6 is 11.8 Å². The normalized spacial score (nSPS) is 25.0. The van der Waals surface area contributed by atoms with Crippen molar-refractivity contribution in [2.45, 2.75) is 62.9 Å². The largest absolute Gasteiger partial charge is 0.322 e. The summed E-state index contributed by atoms with van der Waals surface area (Å²) >= 11 is 1.73. The number of carbonyl (C=O) groups is 3. The summed E-state index contributed by atoms with van der Waals surface area (Å²) in [5.74, 6) is 1.59. The van der Waals surface area contributed by atoms with Gasteiger partial charge in [-0.2, -0.15) is 0 Å². The molecule has 3 heterocycles. The van der Waals surface area contributed by atoms with Crippen LogP contribution in [0.5, 0.6) is 0 Å². The maximum atomic E-state index is 13.0. The average molecular weight is 492 g/mol. The number of piperidine rings is 2. The van der Waals surface area contributed by atoms with Gasteiger partial charge >= 0.3 is 0 Å². The van der Waals surface area contributed by atoms with E-state index in [1.54, 1.807) is 16.7 Å². The monoisotopic (exact) mass is 491 g/mol.